The fourth-order valence-corrected chi connectivity index (χ4v) is 7.78. The fraction of sp³-hybridized carbons (Fsp3) is 0.204. The van der Waals surface area contributed by atoms with Crippen LogP contribution in [-0.4, -0.2) is 76.3 Å². The van der Waals surface area contributed by atoms with E-state index in [-0.39, 0.29) is 34.2 Å². The van der Waals surface area contributed by atoms with Crippen molar-refractivity contribution in [1.82, 2.24) is 25.6 Å². The molecule has 0 bridgehead atoms. The van der Waals surface area contributed by atoms with Crippen LogP contribution < -0.4 is 10.6 Å². The van der Waals surface area contributed by atoms with Gasteiger partial charge in [0.2, 0.25) is 0 Å². The van der Waals surface area contributed by atoms with Crippen LogP contribution in [0.15, 0.2) is 97.8 Å². The maximum absolute atomic E-state index is 13.8. The number of carbonyl (C=O) groups is 4. The summed E-state index contributed by atoms with van der Waals surface area (Å²) in [6.07, 6.45) is 5.28. The number of fused-ring (bicyclic) bond motifs is 2. The molecule has 2 amide bonds. The summed E-state index contributed by atoms with van der Waals surface area (Å²) in [6, 6.07) is 22.8. The number of nitrogens with zero attached hydrogens (tertiary/aromatic N) is 7. The molecule has 5 heterocycles. The average Bonchev–Trinajstić information content (AvgIpc) is 4.08. The van der Waals surface area contributed by atoms with E-state index >= 15 is 0 Å². The van der Waals surface area contributed by atoms with Crippen molar-refractivity contribution in [2.75, 3.05) is 14.2 Å². The number of hydrogen-bond acceptors (Lipinski definition) is 11. The highest BCUT2D eigenvalue weighted by Crippen LogP contribution is 2.33. The Labute approximate surface area is 379 Å². The maximum atomic E-state index is 13.8. The summed E-state index contributed by atoms with van der Waals surface area (Å²) in [5, 5.41) is 24.9. The molecule has 7 rings (SSSR count). The first-order valence-electron chi connectivity index (χ1n) is 21.0. The standard InChI is InChI=1S/C49H43N11O6/c1-7-28-30(9-3)40(53-38(28)22-26(24-50)48(63)65-5)55-42-32-16-11-13-18-34(32)44(57-42)59-46(61)36-20-15-21-37(52-36)47(62)60-45-35-19-14-12-17-33(35)43(58-45)56-41-31(10-4)29(8-2)39(54-41)23-27(25-51)49(64)66-6/h11-23,53-54H,7-10H2,1-6H3,(H,55,57,59,61)(H,56,58,60,62)/b26-22+,27-23+. The number of hydrogen-bond donors (Lipinski definition) is 4. The van der Waals surface area contributed by atoms with Crippen molar-refractivity contribution < 1.29 is 28.7 Å². The molecule has 4 N–H and O–H groups in total. The van der Waals surface area contributed by atoms with Crippen molar-refractivity contribution >= 4 is 70.9 Å². The quantitative estimate of drug-likeness (QED) is 0.0591. The van der Waals surface area contributed by atoms with Crippen molar-refractivity contribution in [3.05, 3.63) is 145 Å². The Morgan fingerprint density at radius 2 is 0.970 bits per heavy atom. The fourth-order valence-electron chi connectivity index (χ4n) is 7.78. The molecular formula is C49H43N11O6. The van der Waals surface area contributed by atoms with Crippen LogP contribution >= 0.6 is 0 Å². The first-order chi connectivity index (χ1) is 32.0. The van der Waals surface area contributed by atoms with E-state index < -0.39 is 23.8 Å². The van der Waals surface area contributed by atoms with Crippen LogP contribution in [0, 0.1) is 22.7 Å². The topological polar surface area (TPSA) is 252 Å². The third-order valence-corrected chi connectivity index (χ3v) is 10.9. The van der Waals surface area contributed by atoms with Crippen molar-refractivity contribution in [3.8, 4) is 12.1 Å². The van der Waals surface area contributed by atoms with Gasteiger partial charge in [-0.05, 0) is 72.2 Å². The molecule has 66 heavy (non-hydrogen) atoms. The van der Waals surface area contributed by atoms with E-state index in [0.29, 0.717) is 82.6 Å². The van der Waals surface area contributed by atoms with E-state index in [1.807, 2.05) is 76.2 Å². The summed E-state index contributed by atoms with van der Waals surface area (Å²) >= 11 is 0. The molecule has 0 saturated heterocycles. The highest BCUT2D eigenvalue weighted by Gasteiger charge is 2.28. The predicted molar refractivity (Wildman–Crippen MR) is 248 cm³/mol. The Morgan fingerprint density at radius 1 is 0.591 bits per heavy atom. The normalized spacial score (nSPS) is 14.2. The Bertz CT molecular complexity index is 2910. The van der Waals surface area contributed by atoms with Gasteiger partial charge < -0.3 is 30.1 Å². The molecule has 330 valence electrons. The first-order valence-corrected chi connectivity index (χ1v) is 21.0. The minimum atomic E-state index is -0.754. The lowest BCUT2D eigenvalue weighted by Crippen LogP contribution is -2.33. The lowest BCUT2D eigenvalue weighted by atomic mass is 10.0. The summed E-state index contributed by atoms with van der Waals surface area (Å²) in [5.74, 6) is -0.668. The molecule has 17 heteroatoms. The monoisotopic (exact) mass is 881 g/mol. The van der Waals surface area contributed by atoms with Crippen molar-refractivity contribution in [1.29, 1.82) is 10.5 Å². The maximum Gasteiger partial charge on any atom is 0.348 e. The zero-order chi connectivity index (χ0) is 47.1. The van der Waals surface area contributed by atoms with Crippen LogP contribution in [0.5, 0.6) is 0 Å². The summed E-state index contributed by atoms with van der Waals surface area (Å²) < 4.78 is 9.53. The lowest BCUT2D eigenvalue weighted by Gasteiger charge is -2.08. The van der Waals surface area contributed by atoms with Crippen LogP contribution in [0.1, 0.15) is 105 Å². The van der Waals surface area contributed by atoms with E-state index in [2.05, 4.69) is 25.6 Å². The second-order valence-electron chi connectivity index (χ2n) is 14.6. The molecule has 5 aromatic rings. The molecule has 2 aromatic carbocycles. The molecule has 0 radical (unpaired) electrons. The molecule has 2 aliphatic heterocycles. The van der Waals surface area contributed by atoms with Crippen LogP contribution in [0.4, 0.5) is 11.6 Å². The number of nitriles is 2. The van der Waals surface area contributed by atoms with Gasteiger partial charge in [0.15, 0.2) is 11.7 Å². The molecule has 0 atom stereocenters. The van der Waals surface area contributed by atoms with Gasteiger partial charge in [0, 0.05) is 33.6 Å². The van der Waals surface area contributed by atoms with Crippen molar-refractivity contribution in [2.24, 2.45) is 20.0 Å². The molecule has 0 fully saturated rings. The van der Waals surface area contributed by atoms with Gasteiger partial charge in [-0.1, -0.05) is 82.3 Å². The predicted octanol–water partition coefficient (Wildman–Crippen LogP) is 6.68. The molecule has 3 aromatic heterocycles. The van der Waals surface area contributed by atoms with E-state index in [1.54, 1.807) is 18.2 Å². The number of benzene rings is 2. The number of amides is 2. The summed E-state index contributed by atoms with van der Waals surface area (Å²) in [4.78, 5) is 82.1. The number of esters is 2. The van der Waals surface area contributed by atoms with Gasteiger partial charge in [-0.15, -0.1) is 0 Å². The molecule has 0 unspecified atom stereocenters. The smallest absolute Gasteiger partial charge is 0.348 e. The largest absolute Gasteiger partial charge is 0.465 e. The minimum Gasteiger partial charge on any atom is -0.465 e. The van der Waals surface area contributed by atoms with Gasteiger partial charge in [0.1, 0.15) is 58.0 Å². The third-order valence-electron chi connectivity index (χ3n) is 10.9. The molecular weight excluding hydrogens is 839 g/mol. The van der Waals surface area contributed by atoms with E-state index in [4.69, 9.17) is 29.4 Å². The lowest BCUT2D eigenvalue weighted by molar-refractivity contribution is -0.136. The number of nitrogens with one attached hydrogen (secondary N) is 4. The van der Waals surface area contributed by atoms with E-state index in [9.17, 15) is 29.7 Å². The van der Waals surface area contributed by atoms with Crippen LogP contribution in [0.25, 0.3) is 12.2 Å². The number of pyridine rings is 1. The molecule has 2 aliphatic rings. The number of carbonyl (C=O) groups excluding carboxylic acids is 4. The Kier molecular flexibility index (Phi) is 13.5. The molecule has 17 nitrogen and oxygen atoms in total. The number of aliphatic imine (C=N–C) groups is 4. The molecule has 0 spiro atoms. The average molecular weight is 882 g/mol. The van der Waals surface area contributed by atoms with Crippen molar-refractivity contribution in [3.63, 3.8) is 0 Å². The van der Waals surface area contributed by atoms with E-state index in [0.717, 1.165) is 22.3 Å². The number of methoxy groups -OCH3 is 2. The number of amidine groups is 4. The number of H-pyrrole nitrogens is 2. The van der Waals surface area contributed by atoms with Crippen LogP contribution in [0.3, 0.4) is 0 Å². The Morgan fingerprint density at radius 3 is 1.32 bits per heavy atom. The number of aromatic amines is 2. The minimum absolute atomic E-state index is 0.0491. The highest BCUT2D eigenvalue weighted by atomic mass is 16.5. The van der Waals surface area contributed by atoms with Gasteiger partial charge in [-0.2, -0.15) is 10.5 Å². The van der Waals surface area contributed by atoms with Gasteiger partial charge in [-0.25, -0.2) is 34.5 Å². The number of ether oxygens (including phenoxy) is 2. The van der Waals surface area contributed by atoms with Gasteiger partial charge in [0.25, 0.3) is 11.8 Å². The van der Waals surface area contributed by atoms with E-state index in [1.165, 1.54) is 38.5 Å². The highest BCUT2D eigenvalue weighted by molar-refractivity contribution is 6.27. The summed E-state index contributed by atoms with van der Waals surface area (Å²) in [7, 11) is 2.42. The Balaban J connectivity index is 1.15. The third kappa shape index (κ3) is 8.86. The van der Waals surface area contributed by atoms with Gasteiger partial charge in [-0.3, -0.25) is 9.59 Å². The van der Waals surface area contributed by atoms with Crippen molar-refractivity contribution in [2.45, 2.75) is 53.4 Å². The van der Waals surface area contributed by atoms with Gasteiger partial charge in [0.05, 0.1) is 14.2 Å². The van der Waals surface area contributed by atoms with Crippen LogP contribution in [-0.2, 0) is 44.7 Å². The molecule has 0 aliphatic carbocycles. The second kappa shape index (κ2) is 19.7. The van der Waals surface area contributed by atoms with Crippen LogP contribution in [0.2, 0.25) is 0 Å². The second-order valence-corrected chi connectivity index (χ2v) is 14.6. The SMILES string of the molecule is CCc1c(/C=C(\C#N)C(=O)OC)[nH]c(/N=C2\N=C(NC(=O)c3cccc(C(=O)NC4=N/C(=N\c5[nH]c(/C=C(\C#N)C(=O)OC)c(CC)c5CC)c5ccccc54)n3)c3ccccc32)c1CC. The van der Waals surface area contributed by atoms with Gasteiger partial charge >= 0.3 is 11.9 Å². The number of aromatic nitrogens is 3. The first kappa shape index (κ1) is 45.2. The Hall–Kier alpha value is -8.83. The summed E-state index contributed by atoms with van der Waals surface area (Å²) in [5.41, 5.74) is 6.76. The molecule has 0 saturated carbocycles. The number of rotatable bonds is 12. The summed E-state index contributed by atoms with van der Waals surface area (Å²) in [6.45, 7) is 7.88. The zero-order valence-electron chi connectivity index (χ0n) is 36.9. The zero-order valence-corrected chi connectivity index (χ0v) is 36.9.